The molecule has 0 saturated heterocycles. The van der Waals surface area contributed by atoms with E-state index >= 15 is 0 Å². The number of nitrogens with zero attached hydrogens (tertiary/aromatic N) is 2. The van der Waals surface area contributed by atoms with E-state index in [0.29, 0.717) is 5.69 Å². The van der Waals surface area contributed by atoms with Crippen molar-refractivity contribution < 1.29 is 18.0 Å². The number of rotatable bonds is 3. The summed E-state index contributed by atoms with van der Waals surface area (Å²) < 4.78 is 37.1. The number of aromatic nitrogens is 2. The fourth-order valence-corrected chi connectivity index (χ4v) is 1.62. The van der Waals surface area contributed by atoms with Crippen LogP contribution in [0.5, 0.6) is 0 Å². The molecule has 108 valence electrons. The molecule has 6 heteroatoms. The maximum absolute atomic E-state index is 12.4. The van der Waals surface area contributed by atoms with E-state index < -0.39 is 17.7 Å². The van der Waals surface area contributed by atoms with Gasteiger partial charge < -0.3 is 0 Å². The zero-order valence-corrected chi connectivity index (χ0v) is 11.1. The number of carbonyl (C=O) groups excluding carboxylic acids is 1. The Morgan fingerprint density at radius 3 is 2.52 bits per heavy atom. The summed E-state index contributed by atoms with van der Waals surface area (Å²) in [6.45, 7) is 1.82. The van der Waals surface area contributed by atoms with Crippen LogP contribution in [0.1, 0.15) is 27.4 Å². The second kappa shape index (κ2) is 5.87. The Balaban J connectivity index is 2.14. The molecule has 21 heavy (non-hydrogen) atoms. The molecule has 0 N–H and O–H groups in total. The summed E-state index contributed by atoms with van der Waals surface area (Å²) >= 11 is 0. The van der Waals surface area contributed by atoms with Gasteiger partial charge in [0.05, 0.1) is 5.69 Å². The van der Waals surface area contributed by atoms with Gasteiger partial charge >= 0.3 is 6.18 Å². The third kappa shape index (κ3) is 3.98. The van der Waals surface area contributed by atoms with Crippen LogP contribution in [0.25, 0.3) is 6.08 Å². The number of pyridine rings is 2. The van der Waals surface area contributed by atoms with Gasteiger partial charge in [0.2, 0.25) is 0 Å². The molecule has 2 heterocycles. The largest absolute Gasteiger partial charge is 0.433 e. The van der Waals surface area contributed by atoms with Crippen LogP contribution in [0.2, 0.25) is 0 Å². The molecule has 3 nitrogen and oxygen atoms in total. The Morgan fingerprint density at radius 1 is 1.19 bits per heavy atom. The van der Waals surface area contributed by atoms with E-state index in [9.17, 15) is 18.0 Å². The highest BCUT2D eigenvalue weighted by atomic mass is 19.4. The Labute approximate surface area is 119 Å². The first-order valence-electron chi connectivity index (χ1n) is 6.05. The summed E-state index contributed by atoms with van der Waals surface area (Å²) in [4.78, 5) is 19.3. The van der Waals surface area contributed by atoms with Crippen molar-refractivity contribution in [2.45, 2.75) is 13.1 Å². The number of hydrogen-bond acceptors (Lipinski definition) is 3. The number of hydrogen-bond donors (Lipinski definition) is 0. The van der Waals surface area contributed by atoms with Gasteiger partial charge in [0, 0.05) is 17.5 Å². The summed E-state index contributed by atoms with van der Waals surface area (Å²) in [5.74, 6) is -0.431. The molecule has 0 aliphatic carbocycles. The summed E-state index contributed by atoms with van der Waals surface area (Å²) in [6, 6.07) is 7.23. The highest BCUT2D eigenvalue weighted by Crippen LogP contribution is 2.27. The van der Waals surface area contributed by atoms with Crippen LogP contribution in [0.15, 0.2) is 42.6 Å². The van der Waals surface area contributed by atoms with Crippen LogP contribution in [-0.2, 0) is 6.18 Å². The molecule has 0 aliphatic rings. The molecule has 0 fully saturated rings. The van der Waals surface area contributed by atoms with E-state index in [1.165, 1.54) is 12.2 Å². The zero-order valence-electron chi connectivity index (χ0n) is 11.1. The van der Waals surface area contributed by atoms with Crippen molar-refractivity contribution in [3.05, 3.63) is 65.2 Å². The molecule has 0 aromatic carbocycles. The van der Waals surface area contributed by atoms with E-state index in [2.05, 4.69) is 9.97 Å². The van der Waals surface area contributed by atoms with Crippen molar-refractivity contribution in [2.75, 3.05) is 0 Å². The molecule has 0 amide bonds. The number of alkyl halides is 3. The normalized spacial score (nSPS) is 11.8. The first kappa shape index (κ1) is 14.9. The van der Waals surface area contributed by atoms with Crippen LogP contribution in [0, 0.1) is 6.92 Å². The van der Waals surface area contributed by atoms with Crippen LogP contribution < -0.4 is 0 Å². The molecule has 0 bridgehead atoms. The second-order valence-electron chi connectivity index (χ2n) is 4.33. The predicted octanol–water partition coefficient (Wildman–Crippen LogP) is 3.70. The van der Waals surface area contributed by atoms with Crippen LogP contribution in [0.3, 0.4) is 0 Å². The summed E-state index contributed by atoms with van der Waals surface area (Å²) in [5, 5.41) is 0. The topological polar surface area (TPSA) is 42.9 Å². The smallest absolute Gasteiger partial charge is 0.289 e. The van der Waals surface area contributed by atoms with Gasteiger partial charge in [-0.15, -0.1) is 0 Å². The van der Waals surface area contributed by atoms with Crippen LogP contribution >= 0.6 is 0 Å². The van der Waals surface area contributed by atoms with E-state index in [1.807, 2.05) is 13.0 Å². The standard InChI is InChI=1S/C15H11F3N2O/c1-10-3-2-4-12(20-10)6-7-13(21)11-5-8-14(19-9-11)15(16,17)18/h2-9H,1H3/b7-6+. The molecular formula is C15H11F3N2O. The first-order valence-corrected chi connectivity index (χ1v) is 6.05. The number of aryl methyl sites for hydroxylation is 1. The maximum atomic E-state index is 12.4. The van der Waals surface area contributed by atoms with E-state index in [0.717, 1.165) is 24.0 Å². The summed E-state index contributed by atoms with van der Waals surface area (Å²) in [6.07, 6.45) is -0.832. The van der Waals surface area contributed by atoms with Gasteiger partial charge in [0.15, 0.2) is 5.78 Å². The monoisotopic (exact) mass is 292 g/mol. The third-order valence-electron chi connectivity index (χ3n) is 2.65. The lowest BCUT2D eigenvalue weighted by molar-refractivity contribution is -0.141. The molecule has 2 aromatic heterocycles. The molecule has 0 aliphatic heterocycles. The fourth-order valence-electron chi connectivity index (χ4n) is 1.62. The fraction of sp³-hybridized carbons (Fsp3) is 0.133. The first-order chi connectivity index (χ1) is 9.86. The molecule has 0 radical (unpaired) electrons. The minimum atomic E-state index is -4.51. The van der Waals surface area contributed by atoms with E-state index in [-0.39, 0.29) is 5.56 Å². The van der Waals surface area contributed by atoms with Gasteiger partial charge in [0.25, 0.3) is 0 Å². The van der Waals surface area contributed by atoms with Crippen molar-refractivity contribution in [1.29, 1.82) is 0 Å². The van der Waals surface area contributed by atoms with Gasteiger partial charge in [-0.3, -0.25) is 14.8 Å². The minimum absolute atomic E-state index is 0.0897. The molecule has 0 spiro atoms. The predicted molar refractivity (Wildman–Crippen MR) is 71.6 cm³/mol. The lowest BCUT2D eigenvalue weighted by Gasteiger charge is -2.05. The zero-order chi connectivity index (χ0) is 15.5. The SMILES string of the molecule is Cc1cccc(/C=C/C(=O)c2ccc(C(F)(F)F)nc2)n1. The van der Waals surface area contributed by atoms with Crippen LogP contribution in [-0.4, -0.2) is 15.8 Å². The van der Waals surface area contributed by atoms with Gasteiger partial charge in [-0.1, -0.05) is 6.07 Å². The highest BCUT2D eigenvalue weighted by Gasteiger charge is 2.32. The Hall–Kier alpha value is -2.50. The second-order valence-corrected chi connectivity index (χ2v) is 4.33. The van der Waals surface area contributed by atoms with Crippen molar-refractivity contribution in [2.24, 2.45) is 0 Å². The highest BCUT2D eigenvalue weighted by molar-refractivity contribution is 6.06. The van der Waals surface area contributed by atoms with Crippen LogP contribution in [0.4, 0.5) is 13.2 Å². The molecule has 2 aromatic rings. The third-order valence-corrected chi connectivity index (χ3v) is 2.65. The van der Waals surface area contributed by atoms with Gasteiger partial charge in [-0.25, -0.2) is 0 Å². The van der Waals surface area contributed by atoms with Crippen molar-refractivity contribution in [3.63, 3.8) is 0 Å². The number of halogens is 3. The van der Waals surface area contributed by atoms with Gasteiger partial charge in [0.1, 0.15) is 5.69 Å². The summed E-state index contributed by atoms with van der Waals surface area (Å²) in [7, 11) is 0. The lowest BCUT2D eigenvalue weighted by atomic mass is 10.1. The van der Waals surface area contributed by atoms with Gasteiger partial charge in [-0.2, -0.15) is 13.2 Å². The van der Waals surface area contributed by atoms with E-state index in [4.69, 9.17) is 0 Å². The molecular weight excluding hydrogens is 281 g/mol. The molecule has 0 saturated carbocycles. The Morgan fingerprint density at radius 2 is 1.95 bits per heavy atom. The number of allylic oxidation sites excluding steroid dienone is 1. The average Bonchev–Trinajstić information content (AvgIpc) is 2.44. The lowest BCUT2D eigenvalue weighted by Crippen LogP contribution is -2.08. The van der Waals surface area contributed by atoms with Crippen molar-refractivity contribution >= 4 is 11.9 Å². The van der Waals surface area contributed by atoms with E-state index in [1.54, 1.807) is 12.1 Å². The molecule has 0 unspecified atom stereocenters. The molecule has 2 rings (SSSR count). The summed E-state index contributed by atoms with van der Waals surface area (Å²) in [5.41, 5.74) is 0.472. The maximum Gasteiger partial charge on any atom is 0.433 e. The molecule has 0 atom stereocenters. The minimum Gasteiger partial charge on any atom is -0.289 e. The number of carbonyl (C=O) groups is 1. The average molecular weight is 292 g/mol. The van der Waals surface area contributed by atoms with Gasteiger partial charge in [-0.05, 0) is 43.3 Å². The van der Waals surface area contributed by atoms with Crippen molar-refractivity contribution in [1.82, 2.24) is 9.97 Å². The quantitative estimate of drug-likeness (QED) is 0.640. The van der Waals surface area contributed by atoms with Crippen molar-refractivity contribution in [3.8, 4) is 0 Å². The Kier molecular flexibility index (Phi) is 4.16. The Bertz CT molecular complexity index is 676. The number of ketones is 1.